The topological polar surface area (TPSA) is 45.1 Å². The molecule has 0 aliphatic carbocycles. The molecule has 0 spiro atoms. The van der Waals surface area contributed by atoms with E-state index in [1.807, 2.05) is 20.1 Å². The predicted molar refractivity (Wildman–Crippen MR) is 47.2 cm³/mol. The number of aromatic nitrogens is 1. The van der Waals surface area contributed by atoms with Crippen LogP contribution in [0.3, 0.4) is 0 Å². The van der Waals surface area contributed by atoms with Gasteiger partial charge in [0.1, 0.15) is 5.82 Å². The third-order valence-electron chi connectivity index (χ3n) is 1.48. The molecule has 11 heavy (non-hydrogen) atoms. The molecule has 58 valence electrons. The van der Waals surface area contributed by atoms with Gasteiger partial charge in [-0.2, -0.15) is 0 Å². The number of nitrogens with zero attached hydrogens (tertiary/aromatic N) is 1. The first kappa shape index (κ1) is 8.08. The molecule has 0 aliphatic heterocycles. The molecule has 0 bridgehead atoms. The Morgan fingerprint density at radius 2 is 2.45 bits per heavy atom. The lowest BCUT2D eigenvalue weighted by molar-refractivity contribution is 0.299. The lowest BCUT2D eigenvalue weighted by atomic mass is 10.2. The first-order valence-electron chi connectivity index (χ1n) is 3.60. The van der Waals surface area contributed by atoms with Crippen LogP contribution in [0.1, 0.15) is 5.56 Å². The van der Waals surface area contributed by atoms with E-state index in [0.717, 1.165) is 11.4 Å². The van der Waals surface area contributed by atoms with Crippen molar-refractivity contribution in [3.05, 3.63) is 23.9 Å². The van der Waals surface area contributed by atoms with Gasteiger partial charge in [-0.3, -0.25) is 0 Å². The highest BCUT2D eigenvalue weighted by Crippen LogP contribution is 2.05. The lowest BCUT2D eigenvalue weighted by Gasteiger charge is -2.01. The molecular weight excluding hydrogens is 139 g/mol. The minimum Gasteiger partial charge on any atom is -0.420 e. The molecule has 0 unspecified atom stereocenters. The van der Waals surface area contributed by atoms with Gasteiger partial charge in [-0.15, -0.1) is 0 Å². The van der Waals surface area contributed by atoms with E-state index in [2.05, 4.69) is 10.2 Å². The summed E-state index contributed by atoms with van der Waals surface area (Å²) >= 11 is 0. The summed E-state index contributed by atoms with van der Waals surface area (Å²) in [6.45, 7) is 0.188. The van der Waals surface area contributed by atoms with Crippen LogP contribution in [-0.4, -0.2) is 24.7 Å². The van der Waals surface area contributed by atoms with E-state index >= 15 is 0 Å². The maximum atomic E-state index is 8.64. The summed E-state index contributed by atoms with van der Waals surface area (Å²) in [4.78, 5) is 4.05. The highest BCUT2D eigenvalue weighted by atomic mass is 16.2. The Morgan fingerprint density at radius 3 is 3.09 bits per heavy atom. The van der Waals surface area contributed by atoms with E-state index < -0.39 is 0 Å². The van der Waals surface area contributed by atoms with Crippen molar-refractivity contribution in [1.82, 2.24) is 4.98 Å². The molecule has 0 radical (unpaired) electrons. The number of rotatable bonds is 3. The molecule has 0 saturated carbocycles. The Balaban J connectivity index is 2.74. The van der Waals surface area contributed by atoms with Gasteiger partial charge in [0.25, 0.3) is 0 Å². The van der Waals surface area contributed by atoms with Crippen LogP contribution in [0.4, 0.5) is 5.82 Å². The first-order valence-corrected chi connectivity index (χ1v) is 3.60. The average Bonchev–Trinajstić information content (AvgIpc) is 2.06. The van der Waals surface area contributed by atoms with E-state index in [4.69, 9.17) is 5.11 Å². The van der Waals surface area contributed by atoms with Gasteiger partial charge in [-0.1, -0.05) is 0 Å². The molecule has 1 aromatic heterocycles. The molecule has 0 aromatic carbocycles. The molecule has 0 fully saturated rings. The van der Waals surface area contributed by atoms with Crippen molar-refractivity contribution in [2.75, 3.05) is 11.8 Å². The van der Waals surface area contributed by atoms with Crippen molar-refractivity contribution in [2.45, 2.75) is 6.42 Å². The molecule has 3 nitrogen and oxygen atoms in total. The number of hydrogen-bond donors (Lipinski definition) is 2. The smallest absolute Gasteiger partial charge is 0.215 e. The van der Waals surface area contributed by atoms with E-state index in [1.54, 1.807) is 6.20 Å². The molecule has 1 rings (SSSR count). The maximum Gasteiger partial charge on any atom is 0.215 e. The number of anilines is 1. The van der Waals surface area contributed by atoms with Crippen molar-refractivity contribution >= 4 is 13.8 Å². The van der Waals surface area contributed by atoms with Crippen molar-refractivity contribution < 1.29 is 5.11 Å². The standard InChI is InChI=1S/C7H11BN2O/c8-10-7-5-6(2-4-11)1-3-9-7/h1,3,5,11H,2,4,8H2,(H,9,10). The van der Waals surface area contributed by atoms with Crippen molar-refractivity contribution in [1.29, 1.82) is 0 Å². The average molecular weight is 150 g/mol. The van der Waals surface area contributed by atoms with Crippen molar-refractivity contribution in [3.8, 4) is 0 Å². The Kier molecular flexibility index (Phi) is 2.92. The molecule has 1 aromatic rings. The summed E-state index contributed by atoms with van der Waals surface area (Å²) in [6.07, 6.45) is 2.42. The van der Waals surface area contributed by atoms with Crippen LogP contribution in [0.5, 0.6) is 0 Å². The fraction of sp³-hybridized carbons (Fsp3) is 0.286. The van der Waals surface area contributed by atoms with Crippen LogP contribution in [0, 0.1) is 0 Å². The summed E-state index contributed by atoms with van der Waals surface area (Å²) < 4.78 is 0. The van der Waals surface area contributed by atoms with Crippen LogP contribution in [0.2, 0.25) is 0 Å². The Labute approximate surface area is 66.9 Å². The van der Waals surface area contributed by atoms with Crippen LogP contribution in [0.15, 0.2) is 18.3 Å². The van der Waals surface area contributed by atoms with Gasteiger partial charge < -0.3 is 10.3 Å². The maximum absolute atomic E-state index is 8.64. The third-order valence-corrected chi connectivity index (χ3v) is 1.48. The number of aliphatic hydroxyl groups is 1. The molecule has 0 amide bonds. The van der Waals surface area contributed by atoms with Crippen molar-refractivity contribution in [2.24, 2.45) is 0 Å². The normalized spacial score (nSPS) is 9.55. The summed E-state index contributed by atoms with van der Waals surface area (Å²) in [5, 5.41) is 11.6. The quantitative estimate of drug-likeness (QED) is 0.575. The SMILES string of the molecule is BNc1cc(CCO)ccn1. The summed E-state index contributed by atoms with van der Waals surface area (Å²) in [5.41, 5.74) is 1.10. The minimum absolute atomic E-state index is 0.188. The number of aliphatic hydroxyl groups excluding tert-OH is 1. The lowest BCUT2D eigenvalue weighted by Crippen LogP contribution is -1.96. The second-order valence-corrected chi connectivity index (χ2v) is 2.27. The zero-order valence-electron chi connectivity index (χ0n) is 6.54. The van der Waals surface area contributed by atoms with Gasteiger partial charge in [-0.25, -0.2) is 4.98 Å². The predicted octanol–water partition coefficient (Wildman–Crippen LogP) is -0.424. The van der Waals surface area contributed by atoms with E-state index in [1.165, 1.54) is 0 Å². The Bertz CT molecular complexity index is 229. The minimum atomic E-state index is 0.188. The molecule has 1 heterocycles. The van der Waals surface area contributed by atoms with Gasteiger partial charge in [-0.05, 0) is 24.1 Å². The van der Waals surface area contributed by atoms with Crippen molar-refractivity contribution in [3.63, 3.8) is 0 Å². The zero-order valence-corrected chi connectivity index (χ0v) is 6.54. The van der Waals surface area contributed by atoms with Gasteiger partial charge in [0.2, 0.25) is 7.98 Å². The van der Waals surface area contributed by atoms with Crippen LogP contribution in [0.25, 0.3) is 0 Å². The van der Waals surface area contributed by atoms with Crippen LogP contribution < -0.4 is 5.23 Å². The van der Waals surface area contributed by atoms with E-state index in [-0.39, 0.29) is 6.61 Å². The van der Waals surface area contributed by atoms with Crippen LogP contribution >= 0.6 is 0 Å². The molecule has 2 N–H and O–H groups in total. The second-order valence-electron chi connectivity index (χ2n) is 2.27. The monoisotopic (exact) mass is 150 g/mol. The van der Waals surface area contributed by atoms with Gasteiger partial charge in [0.15, 0.2) is 0 Å². The Hall–Kier alpha value is -1.03. The highest BCUT2D eigenvalue weighted by molar-refractivity contribution is 6.15. The molecule has 0 atom stereocenters. The van der Waals surface area contributed by atoms with Gasteiger partial charge in [0, 0.05) is 12.8 Å². The summed E-state index contributed by atoms with van der Waals surface area (Å²) in [7, 11) is 1.82. The summed E-state index contributed by atoms with van der Waals surface area (Å²) in [5.74, 6) is 0.843. The van der Waals surface area contributed by atoms with E-state index in [0.29, 0.717) is 6.42 Å². The molecule has 4 heteroatoms. The largest absolute Gasteiger partial charge is 0.420 e. The molecule has 0 saturated heterocycles. The third kappa shape index (κ3) is 2.24. The zero-order chi connectivity index (χ0) is 8.10. The first-order chi connectivity index (χ1) is 5.36. The van der Waals surface area contributed by atoms with Gasteiger partial charge >= 0.3 is 0 Å². The van der Waals surface area contributed by atoms with Crippen LogP contribution in [-0.2, 0) is 6.42 Å². The fourth-order valence-corrected chi connectivity index (χ4v) is 0.896. The highest BCUT2D eigenvalue weighted by Gasteiger charge is 1.92. The Morgan fingerprint density at radius 1 is 1.64 bits per heavy atom. The number of hydrogen-bond acceptors (Lipinski definition) is 3. The van der Waals surface area contributed by atoms with Gasteiger partial charge in [0.05, 0.1) is 0 Å². The summed E-state index contributed by atoms with van der Waals surface area (Å²) in [6, 6.07) is 3.83. The van der Waals surface area contributed by atoms with E-state index in [9.17, 15) is 0 Å². The molecular formula is C7H11BN2O. The number of nitrogens with one attached hydrogen (secondary N) is 1. The second kappa shape index (κ2) is 3.98. The molecule has 0 aliphatic rings. The fourth-order valence-electron chi connectivity index (χ4n) is 0.896. The number of pyridine rings is 1.